The van der Waals surface area contributed by atoms with Crippen molar-refractivity contribution in [1.29, 1.82) is 0 Å². The maximum absolute atomic E-state index is 2.31. The summed E-state index contributed by atoms with van der Waals surface area (Å²) in [7, 11) is 4.32. The smallest absolute Gasteiger partial charge is 0.0474 e. The van der Waals surface area contributed by atoms with E-state index in [0.29, 0.717) is 0 Å². The van der Waals surface area contributed by atoms with Gasteiger partial charge in [0, 0.05) is 11.1 Å². The molecule has 1 rings (SSSR count). The van der Waals surface area contributed by atoms with Gasteiger partial charge in [-0.3, -0.25) is 0 Å². The Morgan fingerprint density at radius 1 is 1.27 bits per heavy atom. The Morgan fingerprint density at radius 2 is 1.82 bits per heavy atom. The largest absolute Gasteiger partial charge is 0.309 e. The van der Waals surface area contributed by atoms with Crippen molar-refractivity contribution in [1.82, 2.24) is 4.90 Å². The van der Waals surface area contributed by atoms with E-state index < -0.39 is 0 Å². The summed E-state index contributed by atoms with van der Waals surface area (Å²) in [5.41, 5.74) is 0. The SMILES string of the molecule is CC1SCC(CN(C)C)CS1. The van der Waals surface area contributed by atoms with Crippen molar-refractivity contribution in [3.8, 4) is 0 Å². The summed E-state index contributed by atoms with van der Waals surface area (Å²) in [5.74, 6) is 3.62. The number of hydrogen-bond donors (Lipinski definition) is 0. The lowest BCUT2D eigenvalue weighted by molar-refractivity contribution is 0.359. The Hall–Kier alpha value is 0.660. The molecular formula is C8H17NS2. The van der Waals surface area contributed by atoms with E-state index in [0.717, 1.165) is 10.5 Å². The molecule has 1 aliphatic heterocycles. The van der Waals surface area contributed by atoms with E-state index in [1.807, 2.05) is 0 Å². The Labute approximate surface area is 78.3 Å². The summed E-state index contributed by atoms with van der Waals surface area (Å²) >= 11 is 4.21. The summed E-state index contributed by atoms with van der Waals surface area (Å²) in [6.07, 6.45) is 0. The minimum Gasteiger partial charge on any atom is -0.309 e. The van der Waals surface area contributed by atoms with Crippen LogP contribution in [0.4, 0.5) is 0 Å². The average Bonchev–Trinajstić information content (AvgIpc) is 1.93. The summed E-state index contributed by atoms with van der Waals surface area (Å²) in [6.45, 7) is 3.56. The second kappa shape index (κ2) is 4.63. The first-order valence-corrected chi connectivity index (χ1v) is 6.16. The molecule has 0 bridgehead atoms. The van der Waals surface area contributed by atoms with Crippen molar-refractivity contribution >= 4 is 23.5 Å². The van der Waals surface area contributed by atoms with Crippen LogP contribution >= 0.6 is 23.5 Å². The minimum atomic E-state index is 0.827. The number of thioether (sulfide) groups is 2. The molecule has 0 amide bonds. The monoisotopic (exact) mass is 191 g/mol. The molecule has 0 radical (unpaired) electrons. The van der Waals surface area contributed by atoms with Gasteiger partial charge in [-0.2, -0.15) is 0 Å². The van der Waals surface area contributed by atoms with Crippen molar-refractivity contribution in [2.24, 2.45) is 5.92 Å². The van der Waals surface area contributed by atoms with Gasteiger partial charge in [-0.1, -0.05) is 0 Å². The van der Waals surface area contributed by atoms with Gasteiger partial charge in [-0.15, -0.1) is 23.5 Å². The number of rotatable bonds is 2. The molecule has 0 aromatic heterocycles. The zero-order valence-electron chi connectivity index (χ0n) is 7.54. The molecule has 0 spiro atoms. The molecule has 0 N–H and O–H groups in total. The maximum Gasteiger partial charge on any atom is 0.0474 e. The van der Waals surface area contributed by atoms with Crippen LogP contribution in [0.5, 0.6) is 0 Å². The van der Waals surface area contributed by atoms with Crippen molar-refractivity contribution in [3.05, 3.63) is 0 Å². The molecule has 0 atom stereocenters. The molecule has 1 saturated heterocycles. The third-order valence-electron chi connectivity index (χ3n) is 1.76. The van der Waals surface area contributed by atoms with Crippen LogP contribution in [0.15, 0.2) is 0 Å². The number of hydrogen-bond acceptors (Lipinski definition) is 3. The first-order chi connectivity index (χ1) is 5.18. The van der Waals surface area contributed by atoms with E-state index in [2.05, 4.69) is 49.4 Å². The summed E-state index contributed by atoms with van der Waals surface area (Å²) in [6, 6.07) is 0. The Kier molecular flexibility index (Phi) is 4.10. The fourth-order valence-corrected chi connectivity index (χ4v) is 3.80. The van der Waals surface area contributed by atoms with Gasteiger partial charge in [0.15, 0.2) is 0 Å². The van der Waals surface area contributed by atoms with Gasteiger partial charge in [0.25, 0.3) is 0 Å². The molecule has 1 fully saturated rings. The van der Waals surface area contributed by atoms with Gasteiger partial charge >= 0.3 is 0 Å². The average molecular weight is 191 g/mol. The van der Waals surface area contributed by atoms with Gasteiger partial charge in [0.2, 0.25) is 0 Å². The molecule has 0 aromatic rings. The molecule has 0 saturated carbocycles. The predicted molar refractivity (Wildman–Crippen MR) is 56.4 cm³/mol. The van der Waals surface area contributed by atoms with Crippen LogP contribution in [0.1, 0.15) is 6.92 Å². The highest BCUT2D eigenvalue weighted by molar-refractivity contribution is 8.17. The van der Waals surface area contributed by atoms with Crippen LogP contribution in [-0.2, 0) is 0 Å². The normalized spacial score (nSPS) is 32.7. The van der Waals surface area contributed by atoms with Gasteiger partial charge < -0.3 is 4.90 Å². The lowest BCUT2D eigenvalue weighted by Crippen LogP contribution is -2.28. The highest BCUT2D eigenvalue weighted by atomic mass is 32.2. The number of nitrogens with zero attached hydrogens (tertiary/aromatic N) is 1. The summed E-state index contributed by atoms with van der Waals surface area (Å²) in [5, 5.41) is 0. The minimum absolute atomic E-state index is 0.827. The molecule has 0 unspecified atom stereocenters. The van der Waals surface area contributed by atoms with Crippen molar-refractivity contribution in [2.75, 3.05) is 32.1 Å². The standard InChI is InChI=1S/C8H17NS2/c1-7-10-5-8(6-11-7)4-9(2)3/h7-8H,4-6H2,1-3H3. The molecule has 1 heterocycles. The van der Waals surface area contributed by atoms with Crippen LogP contribution in [0, 0.1) is 5.92 Å². The molecule has 3 heteroatoms. The quantitative estimate of drug-likeness (QED) is 0.657. The fraction of sp³-hybridized carbons (Fsp3) is 1.00. The Balaban J connectivity index is 2.17. The zero-order chi connectivity index (χ0) is 8.27. The van der Waals surface area contributed by atoms with Gasteiger partial charge in [-0.25, -0.2) is 0 Å². The second-order valence-corrected chi connectivity index (χ2v) is 6.41. The first-order valence-electron chi connectivity index (χ1n) is 4.06. The highest BCUT2D eigenvalue weighted by Crippen LogP contribution is 2.33. The zero-order valence-corrected chi connectivity index (χ0v) is 9.17. The summed E-state index contributed by atoms with van der Waals surface area (Å²) in [4.78, 5) is 2.29. The maximum atomic E-state index is 2.31. The molecule has 66 valence electrons. The van der Waals surface area contributed by atoms with Crippen LogP contribution in [0.3, 0.4) is 0 Å². The lowest BCUT2D eigenvalue weighted by Gasteiger charge is -2.27. The van der Waals surface area contributed by atoms with Crippen LogP contribution in [0.2, 0.25) is 0 Å². The van der Waals surface area contributed by atoms with E-state index in [1.54, 1.807) is 0 Å². The first kappa shape index (κ1) is 9.75. The van der Waals surface area contributed by atoms with Crippen molar-refractivity contribution in [2.45, 2.75) is 11.5 Å². The van der Waals surface area contributed by atoms with E-state index >= 15 is 0 Å². The van der Waals surface area contributed by atoms with Gasteiger partial charge in [-0.05, 0) is 38.4 Å². The van der Waals surface area contributed by atoms with Crippen LogP contribution in [-0.4, -0.2) is 41.6 Å². The summed E-state index contributed by atoms with van der Waals surface area (Å²) < 4.78 is 0.827. The molecule has 11 heavy (non-hydrogen) atoms. The molecular weight excluding hydrogens is 174 g/mol. The van der Waals surface area contributed by atoms with Crippen molar-refractivity contribution in [3.63, 3.8) is 0 Å². The lowest BCUT2D eigenvalue weighted by atomic mass is 10.2. The molecule has 1 aliphatic rings. The molecule has 0 aromatic carbocycles. The fourth-order valence-electron chi connectivity index (χ4n) is 1.26. The van der Waals surface area contributed by atoms with Crippen LogP contribution in [0.25, 0.3) is 0 Å². The van der Waals surface area contributed by atoms with Gasteiger partial charge in [0.1, 0.15) is 0 Å². The van der Waals surface area contributed by atoms with Crippen LogP contribution < -0.4 is 0 Å². The van der Waals surface area contributed by atoms with Crippen molar-refractivity contribution < 1.29 is 0 Å². The Morgan fingerprint density at radius 3 is 2.27 bits per heavy atom. The van der Waals surface area contributed by atoms with E-state index in [-0.39, 0.29) is 0 Å². The topological polar surface area (TPSA) is 3.24 Å². The van der Waals surface area contributed by atoms with E-state index in [9.17, 15) is 0 Å². The molecule has 1 nitrogen and oxygen atoms in total. The van der Waals surface area contributed by atoms with E-state index in [1.165, 1.54) is 18.1 Å². The second-order valence-electron chi connectivity index (χ2n) is 3.36. The Bertz CT molecular complexity index is 109. The highest BCUT2D eigenvalue weighted by Gasteiger charge is 2.18. The van der Waals surface area contributed by atoms with E-state index in [4.69, 9.17) is 0 Å². The predicted octanol–water partition coefficient (Wildman–Crippen LogP) is 1.99. The third-order valence-corrected chi connectivity index (χ3v) is 4.84. The van der Waals surface area contributed by atoms with Gasteiger partial charge in [0.05, 0.1) is 0 Å². The third kappa shape index (κ3) is 3.72. The molecule has 0 aliphatic carbocycles.